The Labute approximate surface area is 145 Å². The zero-order chi connectivity index (χ0) is 18.0. The molecule has 1 aliphatic heterocycles. The second-order valence-electron chi connectivity index (χ2n) is 5.69. The lowest BCUT2D eigenvalue weighted by molar-refractivity contribution is 0.363. The first-order valence-electron chi connectivity index (χ1n) is 7.98. The molecule has 2 N–H and O–H groups in total. The molecule has 1 aromatic carbocycles. The summed E-state index contributed by atoms with van der Waals surface area (Å²) in [4.78, 5) is 12.7. The van der Waals surface area contributed by atoms with E-state index in [1.807, 2.05) is 19.1 Å². The topological polar surface area (TPSA) is 98.5 Å². The lowest BCUT2D eigenvalue weighted by atomic mass is 9.84. The fourth-order valence-corrected chi connectivity index (χ4v) is 3.04. The number of nitrogens with two attached hydrogens (primary N) is 1. The zero-order valence-electron chi connectivity index (χ0n) is 14.0. The van der Waals surface area contributed by atoms with Crippen LogP contribution in [0.5, 0.6) is 11.5 Å². The average Bonchev–Trinajstić information content (AvgIpc) is 2.60. The summed E-state index contributed by atoms with van der Waals surface area (Å²) in [6.45, 7) is 1.99. The quantitative estimate of drug-likeness (QED) is 0.920. The smallest absolute Gasteiger partial charge is 0.343 e. The highest BCUT2D eigenvalue weighted by Gasteiger charge is 2.35. The summed E-state index contributed by atoms with van der Waals surface area (Å²) in [7, 11) is 1.53. The number of allylic oxidation sites excluding steroid dienone is 1. The summed E-state index contributed by atoms with van der Waals surface area (Å²) in [6, 6.07) is 10.9. The molecule has 1 unspecified atom stereocenters. The first kappa shape index (κ1) is 16.7. The van der Waals surface area contributed by atoms with Crippen molar-refractivity contribution in [2.75, 3.05) is 7.11 Å². The highest BCUT2D eigenvalue weighted by atomic mass is 16.5. The standard InChI is InChI=1S/C19H18N2O4/c1-3-6-11-9-15-17(19(22)24-11)16(13(10-20)18(21)25-15)12-7-4-5-8-14(12)23-2/h4-5,7-9,16H,3,6,21H2,1-2H3. The number of hydrogen-bond acceptors (Lipinski definition) is 6. The van der Waals surface area contributed by atoms with Crippen molar-refractivity contribution in [3.05, 3.63) is 69.1 Å². The maximum atomic E-state index is 12.7. The Morgan fingerprint density at radius 3 is 2.80 bits per heavy atom. The molecule has 0 aliphatic carbocycles. The van der Waals surface area contributed by atoms with Crippen molar-refractivity contribution in [1.29, 1.82) is 5.26 Å². The molecule has 6 nitrogen and oxygen atoms in total. The molecule has 1 aliphatic rings. The van der Waals surface area contributed by atoms with Crippen LogP contribution in [0.3, 0.4) is 0 Å². The van der Waals surface area contributed by atoms with Crippen LogP contribution in [0, 0.1) is 11.3 Å². The number of aryl methyl sites for hydroxylation is 1. The number of hydrogen-bond donors (Lipinski definition) is 1. The Balaban J connectivity index is 2.28. The average molecular weight is 338 g/mol. The molecular weight excluding hydrogens is 320 g/mol. The van der Waals surface area contributed by atoms with Gasteiger partial charge in [-0.15, -0.1) is 0 Å². The van der Waals surface area contributed by atoms with Crippen LogP contribution in [0.25, 0.3) is 0 Å². The van der Waals surface area contributed by atoms with E-state index in [1.54, 1.807) is 18.2 Å². The zero-order valence-corrected chi connectivity index (χ0v) is 14.0. The normalized spacial score (nSPS) is 16.0. The van der Waals surface area contributed by atoms with Crippen molar-refractivity contribution in [2.24, 2.45) is 5.73 Å². The molecular formula is C19H18N2O4. The molecule has 1 aromatic heterocycles. The first-order chi connectivity index (χ1) is 12.1. The third-order valence-corrected chi connectivity index (χ3v) is 4.13. The van der Waals surface area contributed by atoms with Crippen LogP contribution >= 0.6 is 0 Å². The molecule has 6 heteroatoms. The number of ether oxygens (including phenoxy) is 2. The van der Waals surface area contributed by atoms with Gasteiger partial charge in [-0.05, 0) is 12.5 Å². The fraction of sp³-hybridized carbons (Fsp3) is 0.263. The van der Waals surface area contributed by atoms with Crippen LogP contribution in [0.2, 0.25) is 0 Å². The molecule has 128 valence electrons. The summed E-state index contributed by atoms with van der Waals surface area (Å²) in [5.41, 5.74) is 6.50. The highest BCUT2D eigenvalue weighted by Crippen LogP contribution is 2.43. The SMILES string of the molecule is CCCc1cc2c(c(=O)o1)C(c1ccccc1OC)C(C#N)=C(N)O2. The summed E-state index contributed by atoms with van der Waals surface area (Å²) >= 11 is 0. The minimum Gasteiger partial charge on any atom is -0.496 e. The number of nitrogens with zero attached hydrogens (tertiary/aromatic N) is 1. The van der Waals surface area contributed by atoms with Crippen molar-refractivity contribution in [2.45, 2.75) is 25.7 Å². The third kappa shape index (κ3) is 2.85. The second kappa shape index (κ2) is 6.73. The maximum Gasteiger partial charge on any atom is 0.343 e. The summed E-state index contributed by atoms with van der Waals surface area (Å²) in [5, 5.41) is 9.57. The van der Waals surface area contributed by atoms with Crippen LogP contribution in [-0.4, -0.2) is 7.11 Å². The van der Waals surface area contributed by atoms with E-state index in [9.17, 15) is 10.1 Å². The molecule has 1 atom stereocenters. The predicted octanol–water partition coefficient (Wildman–Crippen LogP) is 2.82. The molecule has 25 heavy (non-hydrogen) atoms. The van der Waals surface area contributed by atoms with E-state index < -0.39 is 11.5 Å². The van der Waals surface area contributed by atoms with E-state index in [-0.39, 0.29) is 17.0 Å². The van der Waals surface area contributed by atoms with Crippen LogP contribution in [0.1, 0.15) is 36.1 Å². The lowest BCUT2D eigenvalue weighted by Gasteiger charge is -2.26. The molecule has 0 bridgehead atoms. The van der Waals surface area contributed by atoms with E-state index in [1.165, 1.54) is 7.11 Å². The maximum absolute atomic E-state index is 12.7. The predicted molar refractivity (Wildman–Crippen MR) is 91.3 cm³/mol. The van der Waals surface area contributed by atoms with Gasteiger partial charge in [-0.2, -0.15) is 5.26 Å². The number of benzene rings is 1. The van der Waals surface area contributed by atoms with Crippen molar-refractivity contribution in [3.63, 3.8) is 0 Å². The Hall–Kier alpha value is -3.20. The van der Waals surface area contributed by atoms with E-state index in [0.717, 1.165) is 6.42 Å². The van der Waals surface area contributed by atoms with Gasteiger partial charge in [-0.3, -0.25) is 0 Å². The number of para-hydroxylation sites is 1. The van der Waals surface area contributed by atoms with Gasteiger partial charge in [0.25, 0.3) is 0 Å². The molecule has 2 aromatic rings. The summed E-state index contributed by atoms with van der Waals surface area (Å²) in [5.74, 6) is 0.694. The Morgan fingerprint density at radius 1 is 1.36 bits per heavy atom. The number of methoxy groups -OCH3 is 1. The summed E-state index contributed by atoms with van der Waals surface area (Å²) < 4.78 is 16.4. The van der Waals surface area contributed by atoms with E-state index in [0.29, 0.717) is 29.2 Å². The lowest BCUT2D eigenvalue weighted by Crippen LogP contribution is -2.26. The Kier molecular flexibility index (Phi) is 4.48. The van der Waals surface area contributed by atoms with E-state index in [2.05, 4.69) is 6.07 Å². The van der Waals surface area contributed by atoms with Crippen molar-refractivity contribution in [3.8, 4) is 17.6 Å². The molecule has 0 fully saturated rings. The van der Waals surface area contributed by atoms with Crippen molar-refractivity contribution in [1.82, 2.24) is 0 Å². The monoisotopic (exact) mass is 338 g/mol. The van der Waals surface area contributed by atoms with Gasteiger partial charge < -0.3 is 19.6 Å². The van der Waals surface area contributed by atoms with Gasteiger partial charge in [0.1, 0.15) is 28.9 Å². The van der Waals surface area contributed by atoms with Crippen LogP contribution in [0.4, 0.5) is 0 Å². The molecule has 2 heterocycles. The van der Waals surface area contributed by atoms with Gasteiger partial charge in [0.15, 0.2) is 0 Å². The first-order valence-corrected chi connectivity index (χ1v) is 7.98. The van der Waals surface area contributed by atoms with Crippen LogP contribution in [-0.2, 0) is 6.42 Å². The Morgan fingerprint density at radius 2 is 2.12 bits per heavy atom. The van der Waals surface area contributed by atoms with Crippen LogP contribution in [0.15, 0.2) is 51.0 Å². The van der Waals surface area contributed by atoms with Crippen molar-refractivity contribution < 1.29 is 13.9 Å². The minimum atomic E-state index is -0.697. The largest absolute Gasteiger partial charge is 0.496 e. The highest BCUT2D eigenvalue weighted by molar-refractivity contribution is 5.57. The molecule has 0 saturated heterocycles. The van der Waals surface area contributed by atoms with Gasteiger partial charge in [-0.1, -0.05) is 25.1 Å². The van der Waals surface area contributed by atoms with Gasteiger partial charge in [0.2, 0.25) is 5.88 Å². The summed E-state index contributed by atoms with van der Waals surface area (Å²) in [6.07, 6.45) is 1.44. The molecule has 0 saturated carbocycles. The molecule has 3 rings (SSSR count). The number of nitriles is 1. The van der Waals surface area contributed by atoms with Gasteiger partial charge in [0, 0.05) is 18.1 Å². The van der Waals surface area contributed by atoms with Gasteiger partial charge >= 0.3 is 5.63 Å². The number of fused-ring (bicyclic) bond motifs is 1. The van der Waals surface area contributed by atoms with Crippen molar-refractivity contribution >= 4 is 0 Å². The Bertz CT molecular complexity index is 937. The molecule has 0 radical (unpaired) electrons. The van der Waals surface area contributed by atoms with E-state index >= 15 is 0 Å². The van der Waals surface area contributed by atoms with Gasteiger partial charge in [-0.25, -0.2) is 4.79 Å². The fourth-order valence-electron chi connectivity index (χ4n) is 3.04. The second-order valence-corrected chi connectivity index (χ2v) is 5.69. The van der Waals surface area contributed by atoms with E-state index in [4.69, 9.17) is 19.6 Å². The minimum absolute atomic E-state index is 0.0149. The molecule has 0 amide bonds. The molecule has 0 spiro atoms. The third-order valence-electron chi connectivity index (χ3n) is 4.13. The number of rotatable bonds is 4. The van der Waals surface area contributed by atoms with Crippen LogP contribution < -0.4 is 20.8 Å². The van der Waals surface area contributed by atoms with Gasteiger partial charge in [0.05, 0.1) is 18.6 Å².